The molecule has 0 aromatic carbocycles. The standard InChI is InChI=1S/C11H11N3S/c1-2-7-12-9-5-3-8-4-6-10(15)14-11(8)13-9/h2-6H,1,7H2,(H2,12,13,14,15). The van der Waals surface area contributed by atoms with Gasteiger partial charge < -0.3 is 10.3 Å². The number of H-pyrrole nitrogens is 1. The van der Waals surface area contributed by atoms with E-state index in [-0.39, 0.29) is 0 Å². The van der Waals surface area contributed by atoms with Gasteiger partial charge in [0.05, 0.1) is 0 Å². The van der Waals surface area contributed by atoms with Crippen molar-refractivity contribution in [1.82, 2.24) is 9.97 Å². The van der Waals surface area contributed by atoms with Crippen LogP contribution in [0.1, 0.15) is 0 Å². The van der Waals surface area contributed by atoms with Crippen LogP contribution >= 0.6 is 12.2 Å². The quantitative estimate of drug-likeness (QED) is 0.613. The minimum atomic E-state index is 0.691. The second kappa shape index (κ2) is 4.23. The lowest BCUT2D eigenvalue weighted by molar-refractivity contribution is 1.22. The molecule has 0 radical (unpaired) electrons. The summed E-state index contributed by atoms with van der Waals surface area (Å²) in [7, 11) is 0. The number of fused-ring (bicyclic) bond motifs is 1. The van der Waals surface area contributed by atoms with Gasteiger partial charge in [-0.3, -0.25) is 0 Å². The van der Waals surface area contributed by atoms with Gasteiger partial charge in [-0.25, -0.2) is 4.98 Å². The van der Waals surface area contributed by atoms with E-state index in [1.54, 1.807) is 6.08 Å². The minimum absolute atomic E-state index is 0.691. The Balaban J connectivity index is 2.44. The van der Waals surface area contributed by atoms with Gasteiger partial charge in [-0.1, -0.05) is 18.3 Å². The van der Waals surface area contributed by atoms with Gasteiger partial charge in [-0.2, -0.15) is 0 Å². The van der Waals surface area contributed by atoms with E-state index in [1.165, 1.54) is 0 Å². The van der Waals surface area contributed by atoms with Crippen LogP contribution in [0.5, 0.6) is 0 Å². The number of aromatic amines is 1. The Labute approximate surface area is 92.9 Å². The second-order valence-corrected chi connectivity index (χ2v) is 3.57. The number of hydrogen-bond donors (Lipinski definition) is 2. The molecule has 2 aromatic rings. The maximum Gasteiger partial charge on any atom is 0.140 e. The van der Waals surface area contributed by atoms with E-state index in [2.05, 4.69) is 21.9 Å². The molecule has 0 aliphatic heterocycles. The molecule has 0 amide bonds. The summed E-state index contributed by atoms with van der Waals surface area (Å²) in [6.07, 6.45) is 1.79. The smallest absolute Gasteiger partial charge is 0.140 e. The molecule has 0 bridgehead atoms. The highest BCUT2D eigenvalue weighted by Gasteiger charge is 1.96. The van der Waals surface area contributed by atoms with Gasteiger partial charge in [-0.05, 0) is 24.3 Å². The topological polar surface area (TPSA) is 40.7 Å². The maximum atomic E-state index is 5.04. The van der Waals surface area contributed by atoms with E-state index >= 15 is 0 Å². The van der Waals surface area contributed by atoms with E-state index in [0.717, 1.165) is 16.9 Å². The Kier molecular flexibility index (Phi) is 2.78. The van der Waals surface area contributed by atoms with Crippen molar-refractivity contribution in [3.8, 4) is 0 Å². The molecule has 0 saturated carbocycles. The predicted octanol–water partition coefficient (Wildman–Crippen LogP) is 2.89. The van der Waals surface area contributed by atoms with Crippen LogP contribution in [0, 0.1) is 4.64 Å². The third kappa shape index (κ3) is 2.22. The van der Waals surface area contributed by atoms with Crippen LogP contribution in [0.15, 0.2) is 36.9 Å². The summed E-state index contributed by atoms with van der Waals surface area (Å²) in [6.45, 7) is 4.34. The van der Waals surface area contributed by atoms with Crippen LogP contribution in [0.4, 0.5) is 5.82 Å². The molecule has 3 nitrogen and oxygen atoms in total. The van der Waals surface area contributed by atoms with E-state index < -0.39 is 0 Å². The number of aromatic nitrogens is 2. The summed E-state index contributed by atoms with van der Waals surface area (Å²) in [4.78, 5) is 7.44. The summed E-state index contributed by atoms with van der Waals surface area (Å²) in [5, 5.41) is 4.17. The molecule has 15 heavy (non-hydrogen) atoms. The first-order chi connectivity index (χ1) is 7.29. The minimum Gasteiger partial charge on any atom is -0.367 e. The SMILES string of the molecule is C=CCNc1ccc2ccc(=S)[nH]c2n1. The van der Waals surface area contributed by atoms with Crippen molar-refractivity contribution in [1.29, 1.82) is 0 Å². The van der Waals surface area contributed by atoms with Gasteiger partial charge in [0.1, 0.15) is 16.1 Å². The number of pyridine rings is 2. The number of anilines is 1. The van der Waals surface area contributed by atoms with Crippen LogP contribution in [-0.2, 0) is 0 Å². The molecule has 4 heteroatoms. The maximum absolute atomic E-state index is 5.04. The Morgan fingerprint density at radius 1 is 1.40 bits per heavy atom. The molecular weight excluding hydrogens is 206 g/mol. The first-order valence-corrected chi connectivity index (χ1v) is 5.05. The van der Waals surface area contributed by atoms with Crippen molar-refractivity contribution in [2.45, 2.75) is 0 Å². The number of nitrogens with zero attached hydrogens (tertiary/aromatic N) is 1. The zero-order valence-corrected chi connectivity index (χ0v) is 8.97. The van der Waals surface area contributed by atoms with E-state index in [0.29, 0.717) is 11.2 Å². The van der Waals surface area contributed by atoms with Crippen LogP contribution in [0.3, 0.4) is 0 Å². The van der Waals surface area contributed by atoms with Crippen molar-refractivity contribution in [3.05, 3.63) is 41.6 Å². The van der Waals surface area contributed by atoms with Gasteiger partial charge >= 0.3 is 0 Å². The summed E-state index contributed by atoms with van der Waals surface area (Å²) in [5.74, 6) is 0.819. The average molecular weight is 217 g/mol. The Morgan fingerprint density at radius 2 is 2.20 bits per heavy atom. The van der Waals surface area contributed by atoms with Crippen LogP contribution in [0.2, 0.25) is 0 Å². The van der Waals surface area contributed by atoms with Gasteiger partial charge in [-0.15, -0.1) is 6.58 Å². The van der Waals surface area contributed by atoms with Gasteiger partial charge in [0.25, 0.3) is 0 Å². The van der Waals surface area contributed by atoms with Gasteiger partial charge in [0.2, 0.25) is 0 Å². The molecule has 2 aromatic heterocycles. The van der Waals surface area contributed by atoms with Crippen molar-refractivity contribution in [3.63, 3.8) is 0 Å². The Bertz CT molecular complexity index is 545. The fourth-order valence-corrected chi connectivity index (χ4v) is 1.47. The molecule has 0 fully saturated rings. The largest absolute Gasteiger partial charge is 0.367 e. The van der Waals surface area contributed by atoms with Crippen LogP contribution in [0.25, 0.3) is 11.0 Å². The lowest BCUT2D eigenvalue weighted by Crippen LogP contribution is -2.00. The lowest BCUT2D eigenvalue weighted by Gasteiger charge is -2.03. The van der Waals surface area contributed by atoms with Crippen molar-refractivity contribution in [2.24, 2.45) is 0 Å². The molecule has 76 valence electrons. The molecule has 0 atom stereocenters. The van der Waals surface area contributed by atoms with Crippen molar-refractivity contribution >= 4 is 29.1 Å². The normalized spacial score (nSPS) is 10.1. The van der Waals surface area contributed by atoms with E-state index in [9.17, 15) is 0 Å². The Hall–Kier alpha value is -1.68. The fraction of sp³-hybridized carbons (Fsp3) is 0.0909. The summed E-state index contributed by atoms with van der Waals surface area (Å²) < 4.78 is 0.691. The number of hydrogen-bond acceptors (Lipinski definition) is 3. The monoisotopic (exact) mass is 217 g/mol. The van der Waals surface area contributed by atoms with E-state index in [4.69, 9.17) is 12.2 Å². The van der Waals surface area contributed by atoms with Crippen LogP contribution < -0.4 is 5.32 Å². The first kappa shape index (κ1) is 9.86. The Morgan fingerprint density at radius 3 is 3.00 bits per heavy atom. The molecule has 2 rings (SSSR count). The molecule has 0 saturated heterocycles. The molecule has 0 unspecified atom stereocenters. The highest BCUT2D eigenvalue weighted by atomic mass is 32.1. The summed E-state index contributed by atoms with van der Waals surface area (Å²) in [5.41, 5.74) is 0.802. The molecule has 0 aliphatic carbocycles. The third-order valence-electron chi connectivity index (χ3n) is 2.01. The lowest BCUT2D eigenvalue weighted by atomic mass is 10.3. The van der Waals surface area contributed by atoms with Crippen molar-refractivity contribution < 1.29 is 0 Å². The highest BCUT2D eigenvalue weighted by Crippen LogP contribution is 2.12. The number of rotatable bonds is 3. The third-order valence-corrected chi connectivity index (χ3v) is 2.25. The average Bonchev–Trinajstić information content (AvgIpc) is 2.25. The summed E-state index contributed by atoms with van der Waals surface area (Å²) >= 11 is 5.04. The fourth-order valence-electron chi connectivity index (χ4n) is 1.30. The molecular formula is C11H11N3S. The second-order valence-electron chi connectivity index (χ2n) is 3.13. The molecule has 2 heterocycles. The molecule has 0 aliphatic rings. The van der Waals surface area contributed by atoms with E-state index in [1.807, 2.05) is 24.3 Å². The van der Waals surface area contributed by atoms with Gasteiger partial charge in [0.15, 0.2) is 0 Å². The van der Waals surface area contributed by atoms with Gasteiger partial charge in [0, 0.05) is 11.9 Å². The van der Waals surface area contributed by atoms with Crippen molar-refractivity contribution in [2.75, 3.05) is 11.9 Å². The van der Waals surface area contributed by atoms with Crippen LogP contribution in [-0.4, -0.2) is 16.5 Å². The first-order valence-electron chi connectivity index (χ1n) is 4.64. The zero-order chi connectivity index (χ0) is 10.7. The highest BCUT2D eigenvalue weighted by molar-refractivity contribution is 7.71. The molecule has 0 spiro atoms. The zero-order valence-electron chi connectivity index (χ0n) is 8.16. The summed E-state index contributed by atoms with van der Waals surface area (Å²) in [6, 6.07) is 7.75. The molecule has 2 N–H and O–H groups in total. The number of nitrogens with one attached hydrogen (secondary N) is 2. The predicted molar refractivity (Wildman–Crippen MR) is 65.6 cm³/mol.